The molecule has 0 aromatic heterocycles. The fourth-order valence-electron chi connectivity index (χ4n) is 2.91. The average molecular weight is 296 g/mol. The maximum Gasteiger partial charge on any atom is 0.227 e. The maximum atomic E-state index is 13.1. The Morgan fingerprint density at radius 2 is 2.00 bits per heavy atom. The van der Waals surface area contributed by atoms with Crippen LogP contribution in [0.1, 0.15) is 25.8 Å². The van der Waals surface area contributed by atoms with Gasteiger partial charge in [-0.1, -0.05) is 13.8 Å². The number of rotatable bonds is 5. The number of benzene rings is 1. The molecular weight excluding hydrogens is 274 g/mol. The molecule has 116 valence electrons. The Bertz CT molecular complexity index is 491. The zero-order valence-electron chi connectivity index (χ0n) is 12.5. The Morgan fingerprint density at radius 1 is 1.33 bits per heavy atom. The zero-order valence-corrected chi connectivity index (χ0v) is 12.5. The first kappa shape index (κ1) is 15.9. The fraction of sp³-hybridized carbons (Fsp3) is 0.562. The van der Waals surface area contributed by atoms with Crippen LogP contribution in [0.2, 0.25) is 0 Å². The summed E-state index contributed by atoms with van der Waals surface area (Å²) in [4.78, 5) is 12.4. The molecule has 1 aromatic rings. The molecule has 2 N–H and O–H groups in total. The fourth-order valence-corrected chi connectivity index (χ4v) is 2.91. The van der Waals surface area contributed by atoms with Crippen molar-refractivity contribution < 1.29 is 13.6 Å². The highest BCUT2D eigenvalue weighted by Gasteiger charge is 2.43. The largest absolute Gasteiger partial charge is 0.355 e. The summed E-state index contributed by atoms with van der Waals surface area (Å²) in [5.41, 5.74) is 0.184. The quantitative estimate of drug-likeness (QED) is 0.875. The Balaban J connectivity index is 1.92. The van der Waals surface area contributed by atoms with Crippen molar-refractivity contribution in [3.05, 3.63) is 35.4 Å². The van der Waals surface area contributed by atoms with Crippen LogP contribution >= 0.6 is 0 Å². The first-order valence-electron chi connectivity index (χ1n) is 7.38. The molecule has 0 aliphatic carbocycles. The van der Waals surface area contributed by atoms with Crippen molar-refractivity contribution in [3.63, 3.8) is 0 Å². The van der Waals surface area contributed by atoms with E-state index in [1.165, 1.54) is 12.1 Å². The second-order valence-electron chi connectivity index (χ2n) is 6.02. The van der Waals surface area contributed by atoms with Crippen molar-refractivity contribution in [1.82, 2.24) is 10.6 Å². The van der Waals surface area contributed by atoms with E-state index in [2.05, 4.69) is 24.5 Å². The van der Waals surface area contributed by atoms with Crippen molar-refractivity contribution in [2.24, 2.45) is 11.3 Å². The SMILES string of the molecule is CC(C)C1(C(=O)NCCc2cc(F)cc(F)c2)CCNC1. The van der Waals surface area contributed by atoms with Crippen LogP contribution in [0.3, 0.4) is 0 Å². The van der Waals surface area contributed by atoms with Crippen LogP contribution in [0.5, 0.6) is 0 Å². The highest BCUT2D eigenvalue weighted by Crippen LogP contribution is 2.34. The molecule has 1 unspecified atom stereocenters. The van der Waals surface area contributed by atoms with Gasteiger partial charge in [0.2, 0.25) is 5.91 Å². The van der Waals surface area contributed by atoms with Gasteiger partial charge in [-0.3, -0.25) is 4.79 Å². The third-order valence-electron chi connectivity index (χ3n) is 4.37. The summed E-state index contributed by atoms with van der Waals surface area (Å²) in [7, 11) is 0. The lowest BCUT2D eigenvalue weighted by Crippen LogP contribution is -2.46. The minimum Gasteiger partial charge on any atom is -0.355 e. The van der Waals surface area contributed by atoms with E-state index in [1.807, 2.05) is 0 Å². The minimum absolute atomic E-state index is 0.0272. The Labute approximate surface area is 124 Å². The Kier molecular flexibility index (Phi) is 4.93. The molecule has 5 heteroatoms. The lowest BCUT2D eigenvalue weighted by atomic mass is 9.75. The normalized spacial score (nSPS) is 21.8. The van der Waals surface area contributed by atoms with Crippen LogP contribution in [0.4, 0.5) is 8.78 Å². The standard InChI is InChI=1S/C16H22F2N2O/c1-11(2)16(4-6-19-10-16)15(21)20-5-3-12-7-13(17)9-14(18)8-12/h7-9,11,19H,3-6,10H2,1-2H3,(H,20,21). The van der Waals surface area contributed by atoms with E-state index < -0.39 is 11.6 Å². The lowest BCUT2D eigenvalue weighted by molar-refractivity contribution is -0.132. The summed E-state index contributed by atoms with van der Waals surface area (Å²) in [6.45, 7) is 6.02. The van der Waals surface area contributed by atoms with Crippen LogP contribution in [0.15, 0.2) is 18.2 Å². The van der Waals surface area contributed by atoms with E-state index in [9.17, 15) is 13.6 Å². The van der Waals surface area contributed by atoms with Gasteiger partial charge in [-0.2, -0.15) is 0 Å². The van der Waals surface area contributed by atoms with Gasteiger partial charge in [-0.25, -0.2) is 8.78 Å². The predicted molar refractivity (Wildman–Crippen MR) is 77.8 cm³/mol. The third kappa shape index (κ3) is 3.59. The predicted octanol–water partition coefficient (Wildman–Crippen LogP) is 2.26. The van der Waals surface area contributed by atoms with Crippen LogP contribution in [0, 0.1) is 23.0 Å². The Hall–Kier alpha value is -1.49. The van der Waals surface area contributed by atoms with E-state index in [0.717, 1.165) is 19.0 Å². The van der Waals surface area contributed by atoms with E-state index in [0.29, 0.717) is 25.1 Å². The molecule has 0 radical (unpaired) electrons. The van der Waals surface area contributed by atoms with Crippen molar-refractivity contribution in [3.8, 4) is 0 Å². The van der Waals surface area contributed by atoms with Crippen LogP contribution < -0.4 is 10.6 Å². The molecule has 3 nitrogen and oxygen atoms in total. The number of amides is 1. The molecule has 1 atom stereocenters. The summed E-state index contributed by atoms with van der Waals surface area (Å²) in [5.74, 6) is -0.900. The zero-order chi connectivity index (χ0) is 15.5. The van der Waals surface area contributed by atoms with E-state index in [-0.39, 0.29) is 17.2 Å². The summed E-state index contributed by atoms with van der Waals surface area (Å²) >= 11 is 0. The van der Waals surface area contributed by atoms with Crippen LogP contribution in [0.25, 0.3) is 0 Å². The minimum atomic E-state index is -0.588. The lowest BCUT2D eigenvalue weighted by Gasteiger charge is -2.31. The molecule has 2 rings (SSSR count). The second-order valence-corrected chi connectivity index (χ2v) is 6.02. The topological polar surface area (TPSA) is 41.1 Å². The van der Waals surface area contributed by atoms with Crippen molar-refractivity contribution >= 4 is 5.91 Å². The van der Waals surface area contributed by atoms with E-state index >= 15 is 0 Å². The third-order valence-corrected chi connectivity index (χ3v) is 4.37. The molecule has 1 fully saturated rings. The van der Waals surface area contributed by atoms with Crippen molar-refractivity contribution in [1.29, 1.82) is 0 Å². The molecule has 1 aliphatic rings. The smallest absolute Gasteiger partial charge is 0.227 e. The van der Waals surface area contributed by atoms with Crippen molar-refractivity contribution in [2.45, 2.75) is 26.7 Å². The summed E-state index contributed by atoms with van der Waals surface area (Å²) < 4.78 is 26.2. The second kappa shape index (κ2) is 6.52. The molecule has 0 spiro atoms. The summed E-state index contributed by atoms with van der Waals surface area (Å²) in [6, 6.07) is 3.44. The number of halogens is 2. The van der Waals surface area contributed by atoms with Gasteiger partial charge in [0.25, 0.3) is 0 Å². The van der Waals surface area contributed by atoms with Crippen LogP contribution in [-0.4, -0.2) is 25.5 Å². The summed E-state index contributed by atoms with van der Waals surface area (Å²) in [6.07, 6.45) is 1.24. The van der Waals surface area contributed by atoms with Crippen LogP contribution in [-0.2, 0) is 11.2 Å². The van der Waals surface area contributed by atoms with E-state index in [1.54, 1.807) is 0 Å². The average Bonchev–Trinajstić information content (AvgIpc) is 2.88. The van der Waals surface area contributed by atoms with Gasteiger partial charge in [0.15, 0.2) is 0 Å². The summed E-state index contributed by atoms with van der Waals surface area (Å²) in [5, 5.41) is 6.15. The van der Waals surface area contributed by atoms with Gasteiger partial charge in [0.05, 0.1) is 5.41 Å². The highest BCUT2D eigenvalue weighted by molar-refractivity contribution is 5.83. The molecular formula is C16H22F2N2O. The monoisotopic (exact) mass is 296 g/mol. The molecule has 1 amide bonds. The number of nitrogens with one attached hydrogen (secondary N) is 2. The molecule has 21 heavy (non-hydrogen) atoms. The van der Waals surface area contributed by atoms with Crippen molar-refractivity contribution in [2.75, 3.05) is 19.6 Å². The van der Waals surface area contributed by atoms with Gasteiger partial charge in [-0.15, -0.1) is 0 Å². The Morgan fingerprint density at radius 3 is 2.52 bits per heavy atom. The number of hydrogen-bond donors (Lipinski definition) is 2. The number of carbonyl (C=O) groups is 1. The van der Waals surface area contributed by atoms with Gasteiger partial charge < -0.3 is 10.6 Å². The molecule has 1 heterocycles. The van der Waals surface area contributed by atoms with Gasteiger partial charge in [-0.05, 0) is 43.0 Å². The van der Waals surface area contributed by atoms with E-state index in [4.69, 9.17) is 0 Å². The molecule has 1 aliphatic heterocycles. The molecule has 1 aromatic carbocycles. The molecule has 1 saturated heterocycles. The molecule has 0 saturated carbocycles. The highest BCUT2D eigenvalue weighted by atomic mass is 19.1. The number of carbonyl (C=O) groups excluding carboxylic acids is 1. The first-order valence-corrected chi connectivity index (χ1v) is 7.38. The first-order chi connectivity index (χ1) is 9.94. The van der Waals surface area contributed by atoms with Gasteiger partial charge in [0, 0.05) is 19.2 Å². The van der Waals surface area contributed by atoms with Gasteiger partial charge >= 0.3 is 0 Å². The maximum absolute atomic E-state index is 13.1. The molecule has 0 bridgehead atoms. The number of hydrogen-bond acceptors (Lipinski definition) is 2. The van der Waals surface area contributed by atoms with Gasteiger partial charge in [0.1, 0.15) is 11.6 Å².